The van der Waals surface area contributed by atoms with Crippen LogP contribution >= 0.6 is 0 Å². The third-order valence-corrected chi connectivity index (χ3v) is 8.63. The van der Waals surface area contributed by atoms with Crippen LogP contribution in [0.3, 0.4) is 0 Å². The number of aliphatic hydroxyl groups excluding tert-OH is 1. The van der Waals surface area contributed by atoms with Gasteiger partial charge in [-0.15, -0.1) is 0 Å². The molecule has 2 aliphatic heterocycles. The van der Waals surface area contributed by atoms with E-state index in [4.69, 9.17) is 10.7 Å². The van der Waals surface area contributed by atoms with E-state index in [-0.39, 0.29) is 53.9 Å². The summed E-state index contributed by atoms with van der Waals surface area (Å²) in [6.07, 6.45) is 6.54. The minimum absolute atomic E-state index is 0.0407. The van der Waals surface area contributed by atoms with Gasteiger partial charge in [-0.1, -0.05) is 36.4 Å². The van der Waals surface area contributed by atoms with Gasteiger partial charge < -0.3 is 15.7 Å². The summed E-state index contributed by atoms with van der Waals surface area (Å²) in [7, 11) is 0. The van der Waals surface area contributed by atoms with Crippen LogP contribution in [0.2, 0.25) is 0 Å². The molecule has 4 atom stereocenters. The molecule has 12 nitrogen and oxygen atoms in total. The van der Waals surface area contributed by atoms with Gasteiger partial charge >= 0.3 is 0 Å². The van der Waals surface area contributed by atoms with E-state index in [9.17, 15) is 14.7 Å². The number of fused-ring (bicyclic) bond motifs is 3. The minimum Gasteiger partial charge on any atom is -0.396 e. The van der Waals surface area contributed by atoms with Crippen molar-refractivity contribution >= 4 is 23.2 Å². The summed E-state index contributed by atoms with van der Waals surface area (Å²) >= 11 is 0. The number of pyridine rings is 1. The van der Waals surface area contributed by atoms with E-state index in [0.29, 0.717) is 36.2 Å². The molecule has 5 aromatic rings. The second-order valence-electron chi connectivity index (χ2n) is 11.0. The molecule has 1 amide bonds. The zero-order valence-corrected chi connectivity index (χ0v) is 22.9. The van der Waals surface area contributed by atoms with Crippen molar-refractivity contribution in [3.8, 4) is 22.4 Å². The number of nitrogens with two attached hydrogens (primary N) is 1. The van der Waals surface area contributed by atoms with Crippen LogP contribution in [0.1, 0.15) is 58.8 Å². The molecule has 2 saturated heterocycles. The quantitative estimate of drug-likeness (QED) is 0.263. The van der Waals surface area contributed by atoms with Gasteiger partial charge in [-0.25, -0.2) is 9.97 Å². The molecule has 6 heterocycles. The van der Waals surface area contributed by atoms with E-state index < -0.39 is 0 Å². The summed E-state index contributed by atoms with van der Waals surface area (Å²) in [6, 6.07) is 13.5. The first kappa shape index (κ1) is 26.0. The lowest BCUT2D eigenvalue weighted by Crippen LogP contribution is -2.48. The molecular weight excluding hydrogens is 534 g/mol. The molecule has 2 fully saturated rings. The van der Waals surface area contributed by atoms with Gasteiger partial charge in [-0.3, -0.25) is 19.7 Å². The first-order valence-corrected chi connectivity index (χ1v) is 13.9. The van der Waals surface area contributed by atoms with Gasteiger partial charge in [0, 0.05) is 53.4 Å². The highest BCUT2D eigenvalue weighted by molar-refractivity contribution is 6.00. The molecule has 2 aliphatic rings. The number of nitrogens with zero attached hydrogens (tertiary/aromatic N) is 7. The Morgan fingerprint density at radius 2 is 1.88 bits per heavy atom. The number of nitrogens with one attached hydrogen (secondary N) is 1. The molecule has 1 aromatic carbocycles. The molecule has 12 heteroatoms. The number of amides is 1. The molecule has 212 valence electrons. The van der Waals surface area contributed by atoms with Crippen LogP contribution in [-0.4, -0.2) is 75.2 Å². The molecule has 0 saturated carbocycles. The van der Waals surface area contributed by atoms with Crippen LogP contribution in [0, 0.1) is 5.92 Å². The van der Waals surface area contributed by atoms with Crippen molar-refractivity contribution < 1.29 is 14.7 Å². The Bertz CT molecular complexity index is 1780. The topological polar surface area (TPSA) is 168 Å². The van der Waals surface area contributed by atoms with E-state index in [1.807, 2.05) is 47.4 Å². The Balaban J connectivity index is 1.28. The van der Waals surface area contributed by atoms with E-state index in [1.54, 1.807) is 12.4 Å². The van der Waals surface area contributed by atoms with Gasteiger partial charge in [0.1, 0.15) is 12.1 Å². The Morgan fingerprint density at radius 3 is 2.57 bits per heavy atom. The number of aliphatic hydroxyl groups is 1. The second-order valence-corrected chi connectivity index (χ2v) is 11.0. The number of piperidine rings is 1. The maximum Gasteiger partial charge on any atom is 0.291 e. The van der Waals surface area contributed by atoms with Gasteiger partial charge in [0.25, 0.3) is 5.91 Å². The number of benzene rings is 1. The maximum atomic E-state index is 13.3. The van der Waals surface area contributed by atoms with E-state index >= 15 is 0 Å². The SMILES string of the molecule is CC(=O)c1c(C2CC3CC(CO)C(C2)N3C(=O)c2ncn[nH]2)nc2c(-c3ccc(-c4ccccc4)nc3)cnn2c1N. The van der Waals surface area contributed by atoms with Gasteiger partial charge in [0.15, 0.2) is 11.4 Å². The first-order chi connectivity index (χ1) is 20.4. The van der Waals surface area contributed by atoms with Crippen LogP contribution < -0.4 is 5.73 Å². The van der Waals surface area contributed by atoms with Crippen LogP contribution in [0.15, 0.2) is 61.2 Å². The molecule has 4 unspecified atom stereocenters. The highest BCUT2D eigenvalue weighted by atomic mass is 16.3. The van der Waals surface area contributed by atoms with Gasteiger partial charge in [0.05, 0.1) is 23.1 Å². The second kappa shape index (κ2) is 10.1. The Morgan fingerprint density at radius 1 is 1.05 bits per heavy atom. The van der Waals surface area contributed by atoms with Gasteiger partial charge in [-0.2, -0.15) is 14.7 Å². The lowest BCUT2D eigenvalue weighted by Gasteiger charge is -2.39. The number of carbonyl (C=O) groups is 2. The number of Topliss-reactive ketones (excluding diaryl/α,β-unsaturated/α-hetero) is 1. The predicted octanol–water partition coefficient (Wildman–Crippen LogP) is 3.13. The molecule has 42 heavy (non-hydrogen) atoms. The van der Waals surface area contributed by atoms with Crippen molar-refractivity contribution in [2.45, 2.75) is 44.2 Å². The fourth-order valence-corrected chi connectivity index (χ4v) is 6.74. The van der Waals surface area contributed by atoms with Crippen molar-refractivity contribution in [3.63, 3.8) is 0 Å². The number of carbonyl (C=O) groups excluding carboxylic acids is 2. The summed E-state index contributed by atoms with van der Waals surface area (Å²) in [5.74, 6) is -0.276. The normalized spacial score (nSPS) is 21.6. The number of nitrogen functional groups attached to an aromatic ring is 1. The standard InChI is InChI=1S/C30H29N9O3/c1-16(41)25-26(19-9-21-10-20(14-40)24(11-19)38(21)30(42)28-33-15-34-37-28)36-29-22(13-35-39(29)27(25)31)18-7-8-23(32-12-18)17-5-3-2-4-6-17/h2-8,12-13,15,19-21,24,40H,9-11,14,31H2,1H3,(H,33,34,37). The van der Waals surface area contributed by atoms with E-state index in [2.05, 4.69) is 25.3 Å². The number of anilines is 1. The lowest BCUT2D eigenvalue weighted by atomic mass is 9.84. The van der Waals surface area contributed by atoms with Gasteiger partial charge in [-0.05, 0) is 32.3 Å². The third-order valence-electron chi connectivity index (χ3n) is 8.63. The van der Waals surface area contributed by atoms with Crippen molar-refractivity contribution in [1.82, 2.24) is 39.7 Å². The molecule has 2 bridgehead atoms. The number of H-pyrrole nitrogens is 1. The van der Waals surface area contributed by atoms with Crippen molar-refractivity contribution in [2.75, 3.05) is 12.3 Å². The van der Waals surface area contributed by atoms with Crippen molar-refractivity contribution in [1.29, 1.82) is 0 Å². The summed E-state index contributed by atoms with van der Waals surface area (Å²) < 4.78 is 1.51. The van der Waals surface area contributed by atoms with Crippen molar-refractivity contribution in [3.05, 3.63) is 78.3 Å². The van der Waals surface area contributed by atoms with Gasteiger partial charge in [0.2, 0.25) is 5.82 Å². The Hall–Kier alpha value is -4.97. The summed E-state index contributed by atoms with van der Waals surface area (Å²) in [5, 5.41) is 21.1. The number of rotatable bonds is 6. The summed E-state index contributed by atoms with van der Waals surface area (Å²) in [4.78, 5) is 41.8. The molecule has 0 spiro atoms. The third kappa shape index (κ3) is 4.14. The molecule has 0 radical (unpaired) electrons. The number of hydrogen-bond donors (Lipinski definition) is 3. The van der Waals surface area contributed by atoms with Crippen LogP contribution in [-0.2, 0) is 0 Å². The smallest absolute Gasteiger partial charge is 0.291 e. The number of aromatic amines is 1. The lowest BCUT2D eigenvalue weighted by molar-refractivity contribution is 0.0509. The molecule has 4 N–H and O–H groups in total. The summed E-state index contributed by atoms with van der Waals surface area (Å²) in [6.45, 7) is 1.44. The number of hydrogen-bond acceptors (Lipinski definition) is 9. The Labute approximate surface area is 240 Å². The van der Waals surface area contributed by atoms with Crippen LogP contribution in [0.25, 0.3) is 28.0 Å². The Kier molecular flexibility index (Phi) is 6.27. The molecule has 0 aliphatic carbocycles. The zero-order chi connectivity index (χ0) is 29.0. The molecule has 4 aromatic heterocycles. The fraction of sp³-hybridized carbons (Fsp3) is 0.300. The highest BCUT2D eigenvalue weighted by Gasteiger charge is 2.50. The zero-order valence-electron chi connectivity index (χ0n) is 22.9. The maximum absolute atomic E-state index is 13.3. The average Bonchev–Trinajstić information content (AvgIpc) is 3.74. The monoisotopic (exact) mass is 563 g/mol. The minimum atomic E-state index is -0.241. The predicted molar refractivity (Wildman–Crippen MR) is 153 cm³/mol. The van der Waals surface area contributed by atoms with Crippen LogP contribution in [0.5, 0.6) is 0 Å². The van der Waals surface area contributed by atoms with Crippen molar-refractivity contribution in [2.24, 2.45) is 5.92 Å². The van der Waals surface area contributed by atoms with E-state index in [1.165, 1.54) is 17.8 Å². The first-order valence-electron chi connectivity index (χ1n) is 13.9. The molecule has 7 rings (SSSR count). The van der Waals surface area contributed by atoms with Crippen LogP contribution in [0.4, 0.5) is 5.82 Å². The fourth-order valence-electron chi connectivity index (χ4n) is 6.74. The number of aromatic nitrogens is 7. The average molecular weight is 564 g/mol. The largest absolute Gasteiger partial charge is 0.396 e. The number of ketones is 1. The molecular formula is C30H29N9O3. The van der Waals surface area contributed by atoms with E-state index in [0.717, 1.165) is 22.4 Å². The highest BCUT2D eigenvalue weighted by Crippen LogP contribution is 2.47. The summed E-state index contributed by atoms with van der Waals surface area (Å²) in [5.41, 5.74) is 11.5.